The van der Waals surface area contributed by atoms with E-state index in [1.807, 2.05) is 0 Å². The molecule has 6 heteroatoms. The topological polar surface area (TPSA) is 65.8 Å². The summed E-state index contributed by atoms with van der Waals surface area (Å²) in [5, 5.41) is 2.99. The molecule has 1 saturated carbocycles. The van der Waals surface area contributed by atoms with Crippen LogP contribution < -0.4 is 5.32 Å². The van der Waals surface area contributed by atoms with Crippen molar-refractivity contribution in [2.24, 2.45) is 0 Å². The summed E-state index contributed by atoms with van der Waals surface area (Å²) in [5.41, 5.74) is 0. The molecule has 1 N–H and O–H groups in total. The van der Waals surface area contributed by atoms with Gasteiger partial charge in [0.15, 0.2) is 0 Å². The van der Waals surface area contributed by atoms with Gasteiger partial charge in [-0.25, -0.2) is 0 Å². The summed E-state index contributed by atoms with van der Waals surface area (Å²) in [6, 6.07) is 4.00. The molecule has 118 valence electrons. The molecule has 1 saturated heterocycles. The number of rotatable bonds is 5. The van der Waals surface area contributed by atoms with Gasteiger partial charge >= 0.3 is 0 Å². The molecule has 1 aromatic rings. The minimum atomic E-state index is -0.0153. The quantitative estimate of drug-likeness (QED) is 0.814. The second-order valence-electron chi connectivity index (χ2n) is 5.79. The highest BCUT2D eigenvalue weighted by Crippen LogP contribution is 2.18. The molecule has 0 unspecified atom stereocenters. The number of hydrogen-bond acceptors (Lipinski definition) is 4. The molecule has 2 heterocycles. The van der Waals surface area contributed by atoms with E-state index in [9.17, 15) is 9.59 Å². The number of amides is 2. The lowest BCUT2D eigenvalue weighted by Crippen LogP contribution is -2.50. The molecule has 6 nitrogen and oxygen atoms in total. The normalized spacial score (nSPS) is 19.5. The minimum absolute atomic E-state index is 0.0153. The van der Waals surface area contributed by atoms with E-state index in [4.69, 9.17) is 4.42 Å². The predicted octanol–water partition coefficient (Wildman–Crippen LogP) is 0.716. The van der Waals surface area contributed by atoms with Gasteiger partial charge in [0.05, 0.1) is 12.8 Å². The zero-order valence-corrected chi connectivity index (χ0v) is 12.5. The number of hydrogen-bond donors (Lipinski definition) is 1. The molecule has 1 aliphatic heterocycles. The highest BCUT2D eigenvalue weighted by molar-refractivity contribution is 5.91. The van der Waals surface area contributed by atoms with Crippen molar-refractivity contribution >= 4 is 17.9 Å². The van der Waals surface area contributed by atoms with Crippen molar-refractivity contribution in [3.05, 3.63) is 30.2 Å². The highest BCUT2D eigenvalue weighted by Gasteiger charge is 2.25. The van der Waals surface area contributed by atoms with E-state index in [0.717, 1.165) is 25.9 Å². The zero-order chi connectivity index (χ0) is 15.4. The van der Waals surface area contributed by atoms with E-state index < -0.39 is 0 Å². The Labute approximate surface area is 129 Å². The van der Waals surface area contributed by atoms with Crippen molar-refractivity contribution < 1.29 is 14.0 Å². The number of piperazine rings is 1. The first-order valence-corrected chi connectivity index (χ1v) is 7.73. The van der Waals surface area contributed by atoms with E-state index in [1.165, 1.54) is 6.08 Å². The fourth-order valence-electron chi connectivity index (χ4n) is 2.48. The van der Waals surface area contributed by atoms with Crippen LogP contribution in [0.5, 0.6) is 0 Å². The maximum absolute atomic E-state index is 12.1. The summed E-state index contributed by atoms with van der Waals surface area (Å²) in [6.45, 7) is 3.20. The molecule has 0 aromatic carbocycles. The largest absolute Gasteiger partial charge is 0.465 e. The predicted molar refractivity (Wildman–Crippen MR) is 81.9 cm³/mol. The Morgan fingerprint density at radius 1 is 1.27 bits per heavy atom. The summed E-state index contributed by atoms with van der Waals surface area (Å²) in [4.78, 5) is 27.7. The smallest absolute Gasteiger partial charge is 0.246 e. The lowest BCUT2D eigenvalue weighted by atomic mass is 10.3. The van der Waals surface area contributed by atoms with Gasteiger partial charge in [0.2, 0.25) is 11.8 Å². The summed E-state index contributed by atoms with van der Waals surface area (Å²) in [7, 11) is 0. The minimum Gasteiger partial charge on any atom is -0.465 e. The second kappa shape index (κ2) is 6.79. The zero-order valence-electron chi connectivity index (χ0n) is 12.5. The highest BCUT2D eigenvalue weighted by atomic mass is 16.3. The van der Waals surface area contributed by atoms with Crippen molar-refractivity contribution in [1.82, 2.24) is 15.1 Å². The number of furan rings is 1. The van der Waals surface area contributed by atoms with Crippen LogP contribution in [0.1, 0.15) is 18.6 Å². The lowest BCUT2D eigenvalue weighted by molar-refractivity contribution is -0.128. The van der Waals surface area contributed by atoms with Crippen LogP contribution in [0, 0.1) is 0 Å². The first kappa shape index (κ1) is 14.8. The van der Waals surface area contributed by atoms with Gasteiger partial charge < -0.3 is 14.6 Å². The van der Waals surface area contributed by atoms with Crippen molar-refractivity contribution in [2.45, 2.75) is 18.9 Å². The average Bonchev–Trinajstić information content (AvgIpc) is 3.16. The third-order valence-electron chi connectivity index (χ3n) is 3.93. The molecule has 2 fully saturated rings. The van der Waals surface area contributed by atoms with Gasteiger partial charge in [-0.3, -0.25) is 14.5 Å². The summed E-state index contributed by atoms with van der Waals surface area (Å²) >= 11 is 0. The van der Waals surface area contributed by atoms with Crippen molar-refractivity contribution in [2.75, 3.05) is 32.7 Å². The molecule has 0 bridgehead atoms. The van der Waals surface area contributed by atoms with Crippen molar-refractivity contribution in [1.29, 1.82) is 0 Å². The van der Waals surface area contributed by atoms with Crippen LogP contribution in [-0.2, 0) is 9.59 Å². The molecule has 0 radical (unpaired) electrons. The average molecular weight is 303 g/mol. The molecule has 1 aliphatic carbocycles. The molecular weight excluding hydrogens is 282 g/mol. The van der Waals surface area contributed by atoms with E-state index >= 15 is 0 Å². The molecule has 22 heavy (non-hydrogen) atoms. The molecule has 2 aliphatic rings. The Kier molecular flexibility index (Phi) is 4.58. The molecular formula is C16H21N3O3. The number of nitrogens with zero attached hydrogens (tertiary/aromatic N) is 2. The fourth-order valence-corrected chi connectivity index (χ4v) is 2.48. The van der Waals surface area contributed by atoms with Crippen LogP contribution in [-0.4, -0.2) is 60.4 Å². The molecule has 2 amide bonds. The first-order valence-electron chi connectivity index (χ1n) is 7.73. The van der Waals surface area contributed by atoms with Gasteiger partial charge in [-0.2, -0.15) is 0 Å². The van der Waals surface area contributed by atoms with E-state index in [2.05, 4.69) is 10.2 Å². The molecule has 3 rings (SSSR count). The third kappa shape index (κ3) is 4.21. The third-order valence-corrected chi connectivity index (χ3v) is 3.93. The fraction of sp³-hybridized carbons (Fsp3) is 0.500. The SMILES string of the molecule is O=C(CN1CCN(C(=O)C=Cc2ccco2)CC1)NC1CC1. The lowest BCUT2D eigenvalue weighted by Gasteiger charge is -2.33. The summed E-state index contributed by atoms with van der Waals surface area (Å²) in [6.07, 6.45) is 7.01. The Hall–Kier alpha value is -2.08. The van der Waals surface area contributed by atoms with Crippen LogP contribution in [0.3, 0.4) is 0 Å². The van der Waals surface area contributed by atoms with Gasteiger partial charge in [0, 0.05) is 38.3 Å². The first-order chi connectivity index (χ1) is 10.7. The Morgan fingerprint density at radius 3 is 2.68 bits per heavy atom. The molecule has 1 aromatic heterocycles. The van der Waals surface area contributed by atoms with Gasteiger partial charge in [-0.05, 0) is 31.1 Å². The standard InChI is InChI=1S/C16H21N3O3/c20-15(17-13-3-4-13)12-18-7-9-19(10-8-18)16(21)6-5-14-2-1-11-22-14/h1-2,5-6,11,13H,3-4,7-10,12H2,(H,17,20). The monoisotopic (exact) mass is 303 g/mol. The van der Waals surface area contributed by atoms with Crippen LogP contribution in [0.2, 0.25) is 0 Å². The van der Waals surface area contributed by atoms with E-state index in [0.29, 0.717) is 31.4 Å². The van der Waals surface area contributed by atoms with Gasteiger partial charge in [0.25, 0.3) is 0 Å². The van der Waals surface area contributed by atoms with E-state index in [-0.39, 0.29) is 11.8 Å². The summed E-state index contributed by atoms with van der Waals surface area (Å²) < 4.78 is 5.16. The van der Waals surface area contributed by atoms with E-state index in [1.54, 1.807) is 29.4 Å². The Bertz CT molecular complexity index is 541. The van der Waals surface area contributed by atoms with Crippen LogP contribution in [0.4, 0.5) is 0 Å². The molecule has 0 atom stereocenters. The summed E-state index contributed by atoms with van der Waals surface area (Å²) in [5.74, 6) is 0.752. The van der Waals surface area contributed by atoms with Gasteiger partial charge in [-0.15, -0.1) is 0 Å². The van der Waals surface area contributed by atoms with Crippen molar-refractivity contribution in [3.63, 3.8) is 0 Å². The Morgan fingerprint density at radius 2 is 2.05 bits per heavy atom. The number of nitrogens with one attached hydrogen (secondary N) is 1. The Balaban J connectivity index is 1.40. The second-order valence-corrected chi connectivity index (χ2v) is 5.79. The molecule has 0 spiro atoms. The maximum Gasteiger partial charge on any atom is 0.246 e. The van der Waals surface area contributed by atoms with Crippen LogP contribution >= 0.6 is 0 Å². The number of carbonyl (C=O) groups is 2. The van der Waals surface area contributed by atoms with Crippen molar-refractivity contribution in [3.8, 4) is 0 Å². The van der Waals surface area contributed by atoms with Crippen LogP contribution in [0.15, 0.2) is 28.9 Å². The van der Waals surface area contributed by atoms with Gasteiger partial charge in [-0.1, -0.05) is 0 Å². The number of carbonyl (C=O) groups excluding carboxylic acids is 2. The van der Waals surface area contributed by atoms with Gasteiger partial charge in [0.1, 0.15) is 5.76 Å². The van der Waals surface area contributed by atoms with Crippen LogP contribution in [0.25, 0.3) is 6.08 Å². The maximum atomic E-state index is 12.1.